The summed E-state index contributed by atoms with van der Waals surface area (Å²) in [6, 6.07) is 16.8. The summed E-state index contributed by atoms with van der Waals surface area (Å²) in [6.45, 7) is 0. The summed E-state index contributed by atoms with van der Waals surface area (Å²) in [4.78, 5) is 13.1. The van der Waals surface area contributed by atoms with E-state index in [9.17, 15) is 10.1 Å². The number of hydrogen-bond acceptors (Lipinski definition) is 3. The van der Waals surface area contributed by atoms with Gasteiger partial charge in [0.1, 0.15) is 5.52 Å². The summed E-state index contributed by atoms with van der Waals surface area (Å²) >= 11 is 6.12. The van der Waals surface area contributed by atoms with Crippen molar-refractivity contribution in [1.29, 1.82) is 5.26 Å². The molecule has 25 heavy (non-hydrogen) atoms. The summed E-state index contributed by atoms with van der Waals surface area (Å²) in [7, 11) is 1.83. The second kappa shape index (κ2) is 5.76. The van der Waals surface area contributed by atoms with E-state index in [-0.39, 0.29) is 12.0 Å². The van der Waals surface area contributed by atoms with Crippen molar-refractivity contribution in [2.45, 2.75) is 6.42 Å². The molecule has 0 saturated carbocycles. The van der Waals surface area contributed by atoms with Crippen LogP contribution >= 0.6 is 11.6 Å². The second-order valence-corrected chi connectivity index (χ2v) is 6.21. The minimum absolute atomic E-state index is 0.116. The molecule has 2 aromatic carbocycles. The maximum atomic E-state index is 13.1. The normalized spacial score (nSPS) is 11.1. The van der Waals surface area contributed by atoms with E-state index in [4.69, 9.17) is 11.6 Å². The molecule has 0 aliphatic carbocycles. The molecule has 0 aliphatic heterocycles. The molecule has 0 N–H and O–H groups in total. The molecule has 5 nitrogen and oxygen atoms in total. The number of fused-ring (bicyclic) bond motifs is 3. The molecule has 0 amide bonds. The van der Waals surface area contributed by atoms with Crippen LogP contribution in [0, 0.1) is 11.3 Å². The first-order valence-corrected chi connectivity index (χ1v) is 8.12. The highest BCUT2D eigenvalue weighted by Gasteiger charge is 2.19. The van der Waals surface area contributed by atoms with Gasteiger partial charge in [-0.15, -0.1) is 0 Å². The lowest BCUT2D eigenvalue weighted by atomic mass is 10.1. The molecular weight excluding hydrogens is 336 g/mol. The van der Waals surface area contributed by atoms with Crippen LogP contribution in [0.5, 0.6) is 0 Å². The van der Waals surface area contributed by atoms with Crippen molar-refractivity contribution in [2.24, 2.45) is 7.05 Å². The van der Waals surface area contributed by atoms with Crippen molar-refractivity contribution in [1.82, 2.24) is 14.3 Å². The molecule has 0 aliphatic rings. The van der Waals surface area contributed by atoms with E-state index in [1.54, 1.807) is 6.07 Å². The van der Waals surface area contributed by atoms with Crippen LogP contribution in [0.3, 0.4) is 0 Å². The van der Waals surface area contributed by atoms with Gasteiger partial charge in [-0.2, -0.15) is 15.0 Å². The SMILES string of the molecule is Cn1c2cc(Cl)ccc2c2c(CC#N)nn(-c3ccccc3)c(=O)c21. The fourth-order valence-electron chi connectivity index (χ4n) is 3.21. The summed E-state index contributed by atoms with van der Waals surface area (Å²) in [5, 5.41) is 15.9. The molecule has 0 unspecified atom stereocenters. The van der Waals surface area contributed by atoms with E-state index >= 15 is 0 Å². The first kappa shape index (κ1) is 15.4. The predicted molar refractivity (Wildman–Crippen MR) is 98.1 cm³/mol. The zero-order valence-electron chi connectivity index (χ0n) is 13.4. The van der Waals surface area contributed by atoms with Gasteiger partial charge in [0, 0.05) is 22.8 Å². The van der Waals surface area contributed by atoms with Gasteiger partial charge in [-0.3, -0.25) is 4.79 Å². The number of halogens is 1. The summed E-state index contributed by atoms with van der Waals surface area (Å²) in [6.07, 6.45) is 0.116. The van der Waals surface area contributed by atoms with Gasteiger partial charge in [-0.05, 0) is 24.3 Å². The Balaban J connectivity index is 2.21. The van der Waals surface area contributed by atoms with Crippen LogP contribution in [-0.2, 0) is 13.5 Å². The average molecular weight is 349 g/mol. The Morgan fingerprint density at radius 2 is 1.96 bits per heavy atom. The molecule has 2 aromatic heterocycles. The molecule has 4 rings (SSSR count). The first-order chi connectivity index (χ1) is 12.1. The largest absolute Gasteiger partial charge is 0.339 e. The lowest BCUT2D eigenvalue weighted by molar-refractivity contribution is 0.784. The van der Waals surface area contributed by atoms with Crippen LogP contribution in [0.15, 0.2) is 53.3 Å². The molecule has 122 valence electrons. The molecular formula is C19H13ClN4O. The maximum absolute atomic E-state index is 13.1. The third-order valence-corrected chi connectivity index (χ3v) is 4.55. The summed E-state index contributed by atoms with van der Waals surface area (Å²) in [5.41, 5.74) is 2.37. The molecule has 0 spiro atoms. The van der Waals surface area contributed by atoms with E-state index in [1.807, 2.05) is 54.1 Å². The molecule has 2 heterocycles. The smallest absolute Gasteiger partial charge is 0.296 e. The van der Waals surface area contributed by atoms with E-state index in [0.29, 0.717) is 27.3 Å². The molecule has 0 bridgehead atoms. The zero-order valence-corrected chi connectivity index (χ0v) is 14.2. The van der Waals surface area contributed by atoms with E-state index in [0.717, 1.165) is 10.9 Å². The molecule has 6 heteroatoms. The average Bonchev–Trinajstić information content (AvgIpc) is 2.91. The van der Waals surface area contributed by atoms with Crippen LogP contribution in [0.25, 0.3) is 27.5 Å². The van der Waals surface area contributed by atoms with E-state index < -0.39 is 0 Å². The van der Waals surface area contributed by atoms with Crippen LogP contribution in [-0.4, -0.2) is 14.3 Å². The summed E-state index contributed by atoms with van der Waals surface area (Å²) < 4.78 is 3.18. The van der Waals surface area contributed by atoms with Gasteiger partial charge in [-0.1, -0.05) is 35.9 Å². The van der Waals surface area contributed by atoms with Gasteiger partial charge in [0.05, 0.1) is 29.4 Å². The van der Waals surface area contributed by atoms with Crippen molar-refractivity contribution >= 4 is 33.4 Å². The van der Waals surface area contributed by atoms with E-state index in [1.165, 1.54) is 4.68 Å². The molecule has 0 saturated heterocycles. The van der Waals surface area contributed by atoms with Crippen LogP contribution in [0.2, 0.25) is 5.02 Å². The second-order valence-electron chi connectivity index (χ2n) is 5.78. The van der Waals surface area contributed by atoms with Crippen LogP contribution in [0.1, 0.15) is 5.69 Å². The number of nitriles is 1. The molecule has 0 atom stereocenters. The monoisotopic (exact) mass is 348 g/mol. The van der Waals surface area contributed by atoms with E-state index in [2.05, 4.69) is 11.2 Å². The van der Waals surface area contributed by atoms with Gasteiger partial charge in [0.2, 0.25) is 0 Å². The number of rotatable bonds is 2. The van der Waals surface area contributed by atoms with Crippen LogP contribution in [0.4, 0.5) is 0 Å². The molecule has 4 aromatic rings. The van der Waals surface area contributed by atoms with Crippen molar-refractivity contribution in [3.63, 3.8) is 0 Å². The zero-order chi connectivity index (χ0) is 17.6. The minimum Gasteiger partial charge on any atom is -0.339 e. The Kier molecular flexibility index (Phi) is 3.56. The summed E-state index contributed by atoms with van der Waals surface area (Å²) in [5.74, 6) is 0. The van der Waals surface area contributed by atoms with Gasteiger partial charge in [-0.25, -0.2) is 0 Å². The van der Waals surface area contributed by atoms with Crippen molar-refractivity contribution in [3.05, 3.63) is 69.6 Å². The minimum atomic E-state index is -0.224. The third-order valence-electron chi connectivity index (χ3n) is 4.31. The fraction of sp³-hybridized carbons (Fsp3) is 0.105. The topological polar surface area (TPSA) is 63.6 Å². The number of aryl methyl sites for hydroxylation is 1. The Hall–Kier alpha value is -3.10. The highest BCUT2D eigenvalue weighted by Crippen LogP contribution is 2.30. The fourth-order valence-corrected chi connectivity index (χ4v) is 3.38. The van der Waals surface area contributed by atoms with Crippen LogP contribution < -0.4 is 5.56 Å². The molecule has 0 radical (unpaired) electrons. The number of nitrogens with zero attached hydrogens (tertiary/aromatic N) is 4. The Bertz CT molecular complexity index is 1220. The number of aromatic nitrogens is 3. The van der Waals surface area contributed by atoms with Crippen molar-refractivity contribution < 1.29 is 0 Å². The predicted octanol–water partition coefficient (Wildman–Crippen LogP) is 3.60. The molecule has 0 fully saturated rings. The Morgan fingerprint density at radius 3 is 2.68 bits per heavy atom. The van der Waals surface area contributed by atoms with Gasteiger partial charge in [0.25, 0.3) is 5.56 Å². The number of hydrogen-bond donors (Lipinski definition) is 0. The standard InChI is InChI=1S/C19H13ClN4O/c1-23-16-11-12(20)7-8-14(16)17-15(9-10-21)22-24(19(25)18(17)23)13-5-3-2-4-6-13/h2-8,11H,9H2,1H3. The highest BCUT2D eigenvalue weighted by molar-refractivity contribution is 6.31. The van der Waals surface area contributed by atoms with Gasteiger partial charge < -0.3 is 4.57 Å². The number of benzene rings is 2. The van der Waals surface area contributed by atoms with Gasteiger partial charge in [0.15, 0.2) is 0 Å². The number of para-hydroxylation sites is 1. The Labute approximate surface area is 148 Å². The van der Waals surface area contributed by atoms with Crippen molar-refractivity contribution in [3.8, 4) is 11.8 Å². The first-order valence-electron chi connectivity index (χ1n) is 7.74. The third kappa shape index (κ3) is 2.31. The van der Waals surface area contributed by atoms with Gasteiger partial charge >= 0.3 is 0 Å². The highest BCUT2D eigenvalue weighted by atomic mass is 35.5. The quantitative estimate of drug-likeness (QED) is 0.556. The van der Waals surface area contributed by atoms with Crippen molar-refractivity contribution in [2.75, 3.05) is 0 Å². The lowest BCUT2D eigenvalue weighted by Gasteiger charge is -2.08. The maximum Gasteiger partial charge on any atom is 0.296 e. The Morgan fingerprint density at radius 1 is 1.20 bits per heavy atom. The lowest BCUT2D eigenvalue weighted by Crippen LogP contribution is -2.24.